The normalized spacial score (nSPS) is 18.2. The van der Waals surface area contributed by atoms with Gasteiger partial charge in [-0.05, 0) is 31.6 Å². The first-order valence-corrected chi connectivity index (χ1v) is 7.03. The zero-order chi connectivity index (χ0) is 14.0. The van der Waals surface area contributed by atoms with Gasteiger partial charge in [-0.3, -0.25) is 4.79 Å². The molecule has 0 saturated heterocycles. The number of fused-ring (bicyclic) bond motifs is 1. The Morgan fingerprint density at radius 3 is 2.84 bits per heavy atom. The van der Waals surface area contributed by atoms with Crippen LogP contribution in [0, 0.1) is 0 Å². The predicted octanol–water partition coefficient (Wildman–Crippen LogP) is 2.50. The molecule has 0 aromatic heterocycles. The number of hydrogen-bond acceptors (Lipinski definition) is 3. The van der Waals surface area contributed by atoms with Gasteiger partial charge in [-0.25, -0.2) is 0 Å². The molecule has 0 aliphatic carbocycles. The van der Waals surface area contributed by atoms with Crippen LogP contribution in [0.15, 0.2) is 12.1 Å². The number of anilines is 1. The third-order valence-corrected chi connectivity index (χ3v) is 3.77. The molecule has 6 heteroatoms. The largest absolute Gasteiger partial charge is 0.354 e. The molecule has 1 amide bonds. The van der Waals surface area contributed by atoms with Gasteiger partial charge in [-0.2, -0.15) is 0 Å². The molecule has 1 aliphatic rings. The van der Waals surface area contributed by atoms with E-state index in [0.29, 0.717) is 15.6 Å². The van der Waals surface area contributed by atoms with Crippen molar-refractivity contribution in [3.8, 4) is 0 Å². The second-order valence-electron chi connectivity index (χ2n) is 4.52. The van der Waals surface area contributed by atoms with Crippen LogP contribution < -0.4 is 15.5 Å². The lowest BCUT2D eigenvalue weighted by Gasteiger charge is -2.36. The molecule has 2 rings (SSSR count). The molecule has 1 aliphatic heterocycles. The maximum Gasteiger partial charge on any atom is 0.256 e. The molecule has 0 bridgehead atoms. The average molecular weight is 302 g/mol. The van der Waals surface area contributed by atoms with Crippen LogP contribution in [0.5, 0.6) is 0 Å². The van der Waals surface area contributed by atoms with Gasteiger partial charge < -0.3 is 15.5 Å². The zero-order valence-corrected chi connectivity index (χ0v) is 12.5. The monoisotopic (exact) mass is 301 g/mol. The lowest BCUT2D eigenvalue weighted by Crippen LogP contribution is -2.52. The maximum absolute atomic E-state index is 12.1. The lowest BCUT2D eigenvalue weighted by molar-refractivity contribution is 0.0926. The Morgan fingerprint density at radius 1 is 1.42 bits per heavy atom. The average Bonchev–Trinajstić information content (AvgIpc) is 2.34. The van der Waals surface area contributed by atoms with Gasteiger partial charge >= 0.3 is 0 Å². The van der Waals surface area contributed by atoms with E-state index in [0.717, 1.165) is 25.2 Å². The summed E-state index contributed by atoms with van der Waals surface area (Å²) in [5.41, 5.74) is 1.27. The Balaban J connectivity index is 2.26. The van der Waals surface area contributed by atoms with E-state index in [9.17, 15) is 4.79 Å². The molecule has 0 radical (unpaired) electrons. The Kier molecular flexibility index (Phi) is 4.55. The van der Waals surface area contributed by atoms with E-state index in [2.05, 4.69) is 17.6 Å². The highest BCUT2D eigenvalue weighted by Crippen LogP contribution is 2.34. The van der Waals surface area contributed by atoms with Gasteiger partial charge in [0, 0.05) is 12.1 Å². The first kappa shape index (κ1) is 14.4. The maximum atomic E-state index is 12.1. The van der Waals surface area contributed by atoms with Crippen LogP contribution in [0.3, 0.4) is 0 Å². The summed E-state index contributed by atoms with van der Waals surface area (Å²) >= 11 is 12.1. The van der Waals surface area contributed by atoms with E-state index in [1.54, 1.807) is 12.1 Å². The van der Waals surface area contributed by atoms with E-state index in [4.69, 9.17) is 23.2 Å². The quantitative estimate of drug-likeness (QED) is 0.840. The fraction of sp³-hybridized carbons (Fsp3) is 0.462. The van der Waals surface area contributed by atoms with Gasteiger partial charge in [-0.1, -0.05) is 30.1 Å². The highest BCUT2D eigenvalue weighted by molar-refractivity contribution is 6.38. The summed E-state index contributed by atoms with van der Waals surface area (Å²) in [6, 6.07) is 3.37. The number of rotatable bonds is 4. The fourth-order valence-electron chi connectivity index (χ4n) is 2.23. The van der Waals surface area contributed by atoms with Crippen LogP contribution in [-0.2, 0) is 0 Å². The van der Waals surface area contributed by atoms with E-state index >= 15 is 0 Å². The van der Waals surface area contributed by atoms with Gasteiger partial charge in [0.05, 0.1) is 16.3 Å². The van der Waals surface area contributed by atoms with Crippen molar-refractivity contribution in [1.82, 2.24) is 10.6 Å². The van der Waals surface area contributed by atoms with Crippen LogP contribution in [0.1, 0.15) is 23.7 Å². The minimum absolute atomic E-state index is 0.0476. The molecule has 1 heterocycles. The molecule has 0 fully saturated rings. The molecule has 0 saturated carbocycles. The van der Waals surface area contributed by atoms with E-state index < -0.39 is 0 Å². The smallest absolute Gasteiger partial charge is 0.256 e. The van der Waals surface area contributed by atoms with Crippen LogP contribution in [0.4, 0.5) is 5.69 Å². The van der Waals surface area contributed by atoms with Crippen LogP contribution >= 0.6 is 23.2 Å². The SMILES string of the molecule is CCNCC[C@@H]1NC(=O)c2c(Cl)cc(Cl)cc2N1C. The molecule has 1 aromatic rings. The van der Waals surface area contributed by atoms with Crippen LogP contribution in [0.2, 0.25) is 10.0 Å². The van der Waals surface area contributed by atoms with Crippen molar-refractivity contribution in [2.75, 3.05) is 25.0 Å². The van der Waals surface area contributed by atoms with Crippen molar-refractivity contribution in [2.45, 2.75) is 19.5 Å². The Bertz CT molecular complexity index is 493. The second-order valence-corrected chi connectivity index (χ2v) is 5.37. The molecule has 1 aromatic carbocycles. The summed E-state index contributed by atoms with van der Waals surface area (Å²) in [6.45, 7) is 3.81. The molecule has 19 heavy (non-hydrogen) atoms. The molecule has 4 nitrogen and oxygen atoms in total. The standard InChI is InChI=1S/C13H17Cl2N3O/c1-3-16-5-4-11-17-13(19)12-9(15)6-8(14)7-10(12)18(11)2/h6-7,11,16H,3-5H2,1-2H3,(H,17,19)/t11-/m1/s1. The topological polar surface area (TPSA) is 44.4 Å². The molecule has 0 unspecified atom stereocenters. The summed E-state index contributed by atoms with van der Waals surface area (Å²) in [5.74, 6) is -0.142. The fourth-order valence-corrected chi connectivity index (χ4v) is 2.80. The summed E-state index contributed by atoms with van der Waals surface area (Å²) in [5, 5.41) is 7.13. The molecular formula is C13H17Cl2N3O. The number of nitrogens with one attached hydrogen (secondary N) is 2. The number of carbonyl (C=O) groups is 1. The van der Waals surface area contributed by atoms with E-state index in [-0.39, 0.29) is 12.1 Å². The first-order valence-electron chi connectivity index (χ1n) is 6.28. The van der Waals surface area contributed by atoms with Crippen LogP contribution in [-0.4, -0.2) is 32.2 Å². The van der Waals surface area contributed by atoms with Gasteiger partial charge in [0.15, 0.2) is 0 Å². The van der Waals surface area contributed by atoms with Crippen molar-refractivity contribution in [3.05, 3.63) is 27.7 Å². The summed E-state index contributed by atoms with van der Waals surface area (Å²) in [6.07, 6.45) is 0.771. The number of nitrogens with zero attached hydrogens (tertiary/aromatic N) is 1. The van der Waals surface area contributed by atoms with Gasteiger partial charge in [0.1, 0.15) is 6.17 Å². The highest BCUT2D eigenvalue weighted by atomic mass is 35.5. The minimum atomic E-state index is -0.142. The van der Waals surface area contributed by atoms with Gasteiger partial charge in [-0.15, -0.1) is 0 Å². The highest BCUT2D eigenvalue weighted by Gasteiger charge is 2.30. The summed E-state index contributed by atoms with van der Waals surface area (Å²) < 4.78 is 0. The molecule has 104 valence electrons. The molecular weight excluding hydrogens is 285 g/mol. The number of halogens is 2. The summed E-state index contributed by atoms with van der Waals surface area (Å²) in [4.78, 5) is 14.1. The Labute approximate surface area is 123 Å². The summed E-state index contributed by atoms with van der Waals surface area (Å²) in [7, 11) is 1.93. The minimum Gasteiger partial charge on any atom is -0.354 e. The lowest BCUT2D eigenvalue weighted by atomic mass is 10.1. The molecule has 1 atom stereocenters. The predicted molar refractivity (Wildman–Crippen MR) is 79.3 cm³/mol. The third-order valence-electron chi connectivity index (χ3n) is 3.25. The Morgan fingerprint density at radius 2 is 2.16 bits per heavy atom. The van der Waals surface area contributed by atoms with Gasteiger partial charge in [0.25, 0.3) is 5.91 Å². The number of hydrogen-bond donors (Lipinski definition) is 2. The first-order chi connectivity index (χ1) is 9.04. The van der Waals surface area contributed by atoms with Crippen molar-refractivity contribution in [3.63, 3.8) is 0 Å². The van der Waals surface area contributed by atoms with Crippen LogP contribution in [0.25, 0.3) is 0 Å². The van der Waals surface area contributed by atoms with Crippen molar-refractivity contribution in [1.29, 1.82) is 0 Å². The van der Waals surface area contributed by atoms with E-state index in [1.165, 1.54) is 0 Å². The van der Waals surface area contributed by atoms with Crippen molar-refractivity contribution >= 4 is 34.8 Å². The molecule has 0 spiro atoms. The Hall–Kier alpha value is -0.970. The second kappa shape index (κ2) is 5.99. The number of amides is 1. The number of carbonyl (C=O) groups excluding carboxylic acids is 1. The van der Waals surface area contributed by atoms with E-state index in [1.807, 2.05) is 11.9 Å². The van der Waals surface area contributed by atoms with Crippen molar-refractivity contribution < 1.29 is 4.79 Å². The van der Waals surface area contributed by atoms with Gasteiger partial charge in [0.2, 0.25) is 0 Å². The third kappa shape index (κ3) is 2.96. The zero-order valence-electron chi connectivity index (χ0n) is 11.0. The van der Waals surface area contributed by atoms with Crippen molar-refractivity contribution in [2.24, 2.45) is 0 Å². The molecule has 2 N–H and O–H groups in total. The number of benzene rings is 1.